The number of anilines is 3. The van der Waals surface area contributed by atoms with Crippen molar-refractivity contribution < 1.29 is 0 Å². The van der Waals surface area contributed by atoms with Crippen LogP contribution < -0.4 is 4.90 Å². The van der Waals surface area contributed by atoms with E-state index in [4.69, 9.17) is 0 Å². The van der Waals surface area contributed by atoms with Gasteiger partial charge in [0.05, 0.1) is 17.6 Å². The van der Waals surface area contributed by atoms with Crippen LogP contribution in [0.5, 0.6) is 0 Å². The summed E-state index contributed by atoms with van der Waals surface area (Å²) in [6.45, 7) is 13.5. The molecule has 0 atom stereocenters. The smallest absolute Gasteiger partial charge is 0.0885 e. The molecule has 0 aliphatic carbocycles. The first-order valence-electron chi connectivity index (χ1n) is 18.1. The zero-order valence-corrected chi connectivity index (χ0v) is 30.8. The zero-order valence-electron chi connectivity index (χ0n) is 30.8. The maximum absolute atomic E-state index is 4.63. The Hall–Kier alpha value is -6.06. The monoisotopic (exact) mass is 673 g/mol. The molecule has 52 heavy (non-hydrogen) atoms. The fourth-order valence-electron chi connectivity index (χ4n) is 8.50. The third kappa shape index (κ3) is 6.03. The van der Waals surface area contributed by atoms with Gasteiger partial charge in [0.15, 0.2) is 0 Å². The van der Waals surface area contributed by atoms with Crippen LogP contribution in [0.15, 0.2) is 146 Å². The topological polar surface area (TPSA) is 29.0 Å². The second kappa shape index (κ2) is 13.6. The van der Waals surface area contributed by atoms with Crippen molar-refractivity contribution in [3.05, 3.63) is 196 Å². The summed E-state index contributed by atoms with van der Waals surface area (Å²) in [5.41, 5.74) is 17.1. The van der Waals surface area contributed by atoms with E-state index in [1.54, 1.807) is 12.4 Å². The van der Waals surface area contributed by atoms with Gasteiger partial charge in [-0.2, -0.15) is 0 Å². The SMILES string of the molecule is Cc1cc(C)c(C(c2c(C)cc(C)cc2C)c2ccc(N(c3cccc(-c4cnccn4)c3)c3ccc4ccccc4c3)c3ccccc23)c(C)c1. The van der Waals surface area contributed by atoms with Crippen molar-refractivity contribution in [2.24, 2.45) is 0 Å². The Bertz CT molecular complexity index is 2500. The lowest BCUT2D eigenvalue weighted by Crippen LogP contribution is -2.14. The van der Waals surface area contributed by atoms with Gasteiger partial charge in [-0.05, 0) is 127 Å². The molecule has 0 saturated carbocycles. The molecule has 1 aromatic heterocycles. The molecule has 3 heteroatoms. The summed E-state index contributed by atoms with van der Waals surface area (Å²) in [5, 5.41) is 4.87. The Kier molecular flexibility index (Phi) is 8.64. The molecule has 8 rings (SSSR count). The number of hydrogen-bond donors (Lipinski definition) is 0. The first kappa shape index (κ1) is 33.1. The molecule has 1 heterocycles. The molecule has 0 saturated heterocycles. The highest BCUT2D eigenvalue weighted by Crippen LogP contribution is 2.46. The maximum Gasteiger partial charge on any atom is 0.0885 e. The van der Waals surface area contributed by atoms with E-state index < -0.39 is 0 Å². The summed E-state index contributed by atoms with van der Waals surface area (Å²) in [7, 11) is 0. The van der Waals surface area contributed by atoms with Gasteiger partial charge in [-0.15, -0.1) is 0 Å². The third-order valence-electron chi connectivity index (χ3n) is 10.5. The number of fused-ring (bicyclic) bond motifs is 2. The quantitative estimate of drug-likeness (QED) is 0.158. The summed E-state index contributed by atoms with van der Waals surface area (Å²) in [6.07, 6.45) is 5.30. The summed E-state index contributed by atoms with van der Waals surface area (Å²) in [4.78, 5) is 11.4. The highest BCUT2D eigenvalue weighted by Gasteiger charge is 2.27. The molecule has 0 fully saturated rings. The second-order valence-corrected chi connectivity index (χ2v) is 14.3. The Morgan fingerprint density at radius 1 is 0.500 bits per heavy atom. The molecule has 0 radical (unpaired) electrons. The molecule has 0 bridgehead atoms. The fraction of sp³-hybridized carbons (Fsp3) is 0.143. The molecule has 0 aliphatic heterocycles. The average molecular weight is 674 g/mol. The van der Waals surface area contributed by atoms with E-state index in [-0.39, 0.29) is 5.92 Å². The number of nitrogens with zero attached hydrogens (tertiary/aromatic N) is 3. The van der Waals surface area contributed by atoms with Crippen molar-refractivity contribution in [3.8, 4) is 11.3 Å². The van der Waals surface area contributed by atoms with Crippen molar-refractivity contribution in [3.63, 3.8) is 0 Å². The summed E-state index contributed by atoms with van der Waals surface area (Å²) in [5.74, 6) is 0.0641. The third-order valence-corrected chi connectivity index (χ3v) is 10.5. The van der Waals surface area contributed by atoms with E-state index in [0.29, 0.717) is 0 Å². The van der Waals surface area contributed by atoms with E-state index >= 15 is 0 Å². The molecular formula is C49H43N3. The molecule has 7 aromatic carbocycles. The molecule has 0 unspecified atom stereocenters. The first-order chi connectivity index (χ1) is 25.3. The highest BCUT2D eigenvalue weighted by atomic mass is 15.1. The zero-order chi connectivity index (χ0) is 35.9. The van der Waals surface area contributed by atoms with Gasteiger partial charge in [-0.3, -0.25) is 9.97 Å². The van der Waals surface area contributed by atoms with E-state index in [0.717, 1.165) is 28.3 Å². The number of aryl methyl sites for hydroxylation is 6. The Morgan fingerprint density at radius 3 is 1.77 bits per heavy atom. The van der Waals surface area contributed by atoms with Gasteiger partial charge in [0.2, 0.25) is 0 Å². The van der Waals surface area contributed by atoms with E-state index in [1.165, 1.54) is 71.6 Å². The standard InChI is InChI=1S/C49H43N3/c1-31-24-33(3)47(34(4)25-31)49(48-35(5)26-32(2)27-36(48)6)44-20-21-46(43-17-10-9-16-42(43)44)52(41-19-18-37-12-7-8-13-38(37)28-41)40-15-11-14-39(29-40)45-30-50-22-23-51-45/h7-30,49H,1-6H3. The molecule has 0 N–H and O–H groups in total. The lowest BCUT2D eigenvalue weighted by atomic mass is 9.75. The molecular weight excluding hydrogens is 631 g/mol. The van der Waals surface area contributed by atoms with Gasteiger partial charge in [-0.1, -0.05) is 108 Å². The predicted molar refractivity (Wildman–Crippen MR) is 219 cm³/mol. The van der Waals surface area contributed by atoms with Crippen LogP contribution in [0, 0.1) is 41.5 Å². The average Bonchev–Trinajstić information content (AvgIpc) is 3.14. The van der Waals surface area contributed by atoms with Gasteiger partial charge in [0.1, 0.15) is 0 Å². The Morgan fingerprint density at radius 2 is 1.12 bits per heavy atom. The Labute approximate surface area is 307 Å². The molecule has 0 amide bonds. The molecule has 0 aliphatic rings. The van der Waals surface area contributed by atoms with Crippen LogP contribution in [0.2, 0.25) is 0 Å². The highest BCUT2D eigenvalue weighted by molar-refractivity contribution is 6.02. The van der Waals surface area contributed by atoms with Crippen molar-refractivity contribution in [2.75, 3.05) is 4.90 Å². The number of aromatic nitrogens is 2. The van der Waals surface area contributed by atoms with Crippen molar-refractivity contribution in [1.29, 1.82) is 0 Å². The largest absolute Gasteiger partial charge is 0.310 e. The lowest BCUT2D eigenvalue weighted by Gasteiger charge is -2.31. The number of hydrogen-bond acceptors (Lipinski definition) is 3. The number of rotatable bonds is 7. The van der Waals surface area contributed by atoms with E-state index in [1.807, 2.05) is 6.20 Å². The summed E-state index contributed by atoms with van der Waals surface area (Å²) < 4.78 is 0. The van der Waals surface area contributed by atoms with Crippen LogP contribution in [0.25, 0.3) is 32.8 Å². The van der Waals surface area contributed by atoms with Crippen molar-refractivity contribution in [2.45, 2.75) is 47.5 Å². The van der Waals surface area contributed by atoms with Crippen molar-refractivity contribution >= 4 is 38.6 Å². The van der Waals surface area contributed by atoms with E-state index in [2.05, 4.69) is 184 Å². The minimum absolute atomic E-state index is 0.0641. The predicted octanol–water partition coefficient (Wildman–Crippen LogP) is 13.0. The molecule has 8 aromatic rings. The molecule has 0 spiro atoms. The van der Waals surface area contributed by atoms with Crippen LogP contribution >= 0.6 is 0 Å². The normalized spacial score (nSPS) is 11.4. The van der Waals surface area contributed by atoms with Gasteiger partial charge in [-0.25, -0.2) is 0 Å². The van der Waals surface area contributed by atoms with Crippen LogP contribution in [0.1, 0.15) is 56.0 Å². The first-order valence-corrected chi connectivity index (χ1v) is 18.1. The maximum atomic E-state index is 4.63. The van der Waals surface area contributed by atoms with Gasteiger partial charge in [0, 0.05) is 40.6 Å². The van der Waals surface area contributed by atoms with E-state index in [9.17, 15) is 0 Å². The molecule has 254 valence electrons. The second-order valence-electron chi connectivity index (χ2n) is 14.3. The minimum Gasteiger partial charge on any atom is -0.310 e. The summed E-state index contributed by atoms with van der Waals surface area (Å²) >= 11 is 0. The lowest BCUT2D eigenvalue weighted by molar-refractivity contribution is 0.928. The Balaban J connectivity index is 1.40. The molecule has 3 nitrogen and oxygen atoms in total. The van der Waals surface area contributed by atoms with Crippen LogP contribution in [-0.4, -0.2) is 9.97 Å². The minimum atomic E-state index is 0.0641. The fourth-order valence-corrected chi connectivity index (χ4v) is 8.50. The van der Waals surface area contributed by atoms with Crippen LogP contribution in [0.3, 0.4) is 0 Å². The van der Waals surface area contributed by atoms with Gasteiger partial charge in [0.25, 0.3) is 0 Å². The van der Waals surface area contributed by atoms with Crippen molar-refractivity contribution in [1.82, 2.24) is 9.97 Å². The van der Waals surface area contributed by atoms with Gasteiger partial charge < -0.3 is 4.90 Å². The van der Waals surface area contributed by atoms with Crippen LogP contribution in [0.4, 0.5) is 17.1 Å². The van der Waals surface area contributed by atoms with Crippen LogP contribution in [-0.2, 0) is 0 Å². The summed E-state index contributed by atoms with van der Waals surface area (Å²) in [6, 6.07) is 47.0. The van der Waals surface area contributed by atoms with Gasteiger partial charge >= 0.3 is 0 Å². The number of benzene rings is 7.